The SMILES string of the molecule is CC#C/C=C\C#C[C@](O)(OC1OC(C)C(SC)(C(=O)c2nccc3c2[nH]c2ccc(O)cc23)C(O)C1OC)C1=C(NC(=O)OC)C(=O)C[C@](C)(O)/C1=C/CSSSC. The number of aliphatic hydroxyl groups excluding tert-OH is 1. The summed E-state index contributed by atoms with van der Waals surface area (Å²) >= 11 is 1.01. The third kappa shape index (κ3) is 8.83. The number of phenols is 1. The molecule has 14 nitrogen and oxygen atoms in total. The van der Waals surface area contributed by atoms with E-state index in [4.69, 9.17) is 18.9 Å². The normalized spacial score (nSPS) is 26.6. The maximum absolute atomic E-state index is 14.8. The van der Waals surface area contributed by atoms with E-state index in [2.05, 4.69) is 39.0 Å². The van der Waals surface area contributed by atoms with Crippen LogP contribution in [0.15, 0.2) is 65.5 Å². The Hall–Kier alpha value is -3.92. The number of phenolic OH excluding ortho intramolecular Hbond substituents is 1. The van der Waals surface area contributed by atoms with Gasteiger partial charge in [0.15, 0.2) is 12.1 Å². The zero-order valence-electron chi connectivity index (χ0n) is 32.6. The summed E-state index contributed by atoms with van der Waals surface area (Å²) in [7, 11) is 6.71. The first-order valence-corrected chi connectivity index (χ1v) is 22.9. The number of ketones is 2. The smallest absolute Gasteiger partial charge is 0.411 e. The van der Waals surface area contributed by atoms with Crippen molar-refractivity contribution in [1.82, 2.24) is 15.3 Å². The number of nitrogens with zero attached hydrogens (tertiary/aromatic N) is 1. The van der Waals surface area contributed by atoms with Gasteiger partial charge in [0.1, 0.15) is 28.4 Å². The van der Waals surface area contributed by atoms with Crippen LogP contribution in [0.2, 0.25) is 0 Å². The molecule has 6 N–H and O–H groups in total. The maximum atomic E-state index is 14.8. The number of pyridine rings is 1. The van der Waals surface area contributed by atoms with Gasteiger partial charge in [-0.05, 0) is 91.0 Å². The van der Waals surface area contributed by atoms with Crippen molar-refractivity contribution >= 4 is 82.6 Å². The van der Waals surface area contributed by atoms with Crippen LogP contribution in [0.3, 0.4) is 0 Å². The molecule has 5 unspecified atom stereocenters. The third-order valence-corrected chi connectivity index (χ3v) is 14.8. The fourth-order valence-corrected chi connectivity index (χ4v) is 10.5. The van der Waals surface area contributed by atoms with E-state index in [0.29, 0.717) is 21.8 Å². The number of alkyl carbamates (subject to hydrolysis) is 1. The molecule has 3 heterocycles. The first-order chi connectivity index (χ1) is 27.6. The molecule has 1 saturated heterocycles. The number of thioether (sulfide) groups is 1. The number of aromatic nitrogens is 2. The van der Waals surface area contributed by atoms with Crippen LogP contribution in [-0.4, -0.2) is 121 Å². The van der Waals surface area contributed by atoms with Gasteiger partial charge in [0.2, 0.25) is 5.78 Å². The lowest BCUT2D eigenvalue weighted by Gasteiger charge is -2.50. The van der Waals surface area contributed by atoms with Crippen LogP contribution in [0.4, 0.5) is 4.79 Å². The van der Waals surface area contributed by atoms with Crippen LogP contribution in [0.25, 0.3) is 21.8 Å². The minimum absolute atomic E-state index is 0.00508. The Morgan fingerprint density at radius 2 is 1.93 bits per heavy atom. The number of carbonyl (C=O) groups excluding carboxylic acids is 3. The lowest BCUT2D eigenvalue weighted by Crippen LogP contribution is -2.68. The molecule has 58 heavy (non-hydrogen) atoms. The number of benzene rings is 1. The largest absolute Gasteiger partial charge is 0.508 e. The molecule has 2 aliphatic rings. The van der Waals surface area contributed by atoms with Gasteiger partial charge in [0, 0.05) is 41.8 Å². The van der Waals surface area contributed by atoms with Crippen molar-refractivity contribution in [1.29, 1.82) is 0 Å². The van der Waals surface area contributed by atoms with Crippen LogP contribution < -0.4 is 5.32 Å². The predicted octanol–water partition coefficient (Wildman–Crippen LogP) is 5.03. The van der Waals surface area contributed by atoms with Gasteiger partial charge < -0.3 is 44.4 Å². The monoisotopic (exact) mass is 869 g/mol. The molecule has 0 radical (unpaired) electrons. The van der Waals surface area contributed by atoms with Crippen molar-refractivity contribution in [2.24, 2.45) is 0 Å². The van der Waals surface area contributed by atoms with Gasteiger partial charge in [-0.3, -0.25) is 19.9 Å². The van der Waals surface area contributed by atoms with Gasteiger partial charge in [-0.15, -0.1) is 17.7 Å². The number of rotatable bonds is 12. The quantitative estimate of drug-likeness (QED) is 0.0464. The molecule has 0 bridgehead atoms. The summed E-state index contributed by atoms with van der Waals surface area (Å²) in [6.07, 6.45) is 1.70. The summed E-state index contributed by atoms with van der Waals surface area (Å²) in [4.78, 5) is 48.9. The van der Waals surface area contributed by atoms with Gasteiger partial charge in [-0.2, -0.15) is 0 Å². The van der Waals surface area contributed by atoms with E-state index in [1.54, 1.807) is 44.4 Å². The molecule has 0 saturated carbocycles. The summed E-state index contributed by atoms with van der Waals surface area (Å²) in [5, 5.41) is 50.6. The Balaban J connectivity index is 1.65. The molecule has 308 valence electrons. The summed E-state index contributed by atoms with van der Waals surface area (Å²) in [6.45, 7) is 4.55. The minimum atomic E-state index is -2.88. The van der Waals surface area contributed by atoms with E-state index >= 15 is 0 Å². The van der Waals surface area contributed by atoms with Crippen molar-refractivity contribution in [2.75, 3.05) is 32.5 Å². The average molecular weight is 870 g/mol. The van der Waals surface area contributed by atoms with E-state index in [1.165, 1.54) is 69.9 Å². The molecule has 7 atom stereocenters. The number of aliphatic hydroxyl groups is 3. The molecule has 1 fully saturated rings. The van der Waals surface area contributed by atoms with Gasteiger partial charge in [0.05, 0.1) is 35.6 Å². The highest BCUT2D eigenvalue weighted by Crippen LogP contribution is 2.47. The Morgan fingerprint density at radius 3 is 2.60 bits per heavy atom. The van der Waals surface area contributed by atoms with Crippen molar-refractivity contribution in [2.45, 2.75) is 67.9 Å². The number of Topliss-reactive ketones (excluding diaryl/α,β-unsaturated/α-hetero) is 2. The lowest BCUT2D eigenvalue weighted by atomic mass is 9.75. The standard InChI is InChI=1S/C40H43N3O11S4/c1-8-9-10-11-12-17-39(50,29-26(16-19-57-58-56-7)38(3,49)21-28(45)31(29)43-37(48)52-5)54-36-33(51-4)35(47)40(55-6,22(2)53-36)34(46)32-30-24(15-18-41-32)25-20-23(44)13-14-27(25)42-30/h10-11,13-16,18,20,22,33,35-36,42,44,47,49-50H,19,21H2,1-7H3,(H,43,48)/b11-10-,26-16+/t22?,33?,35?,36?,38-,39-,40?/m0/s1. The van der Waals surface area contributed by atoms with Crippen molar-refractivity contribution in [3.05, 3.63) is 71.2 Å². The van der Waals surface area contributed by atoms with Crippen LogP contribution >= 0.6 is 43.2 Å². The van der Waals surface area contributed by atoms with Gasteiger partial charge in [-0.25, -0.2) is 4.79 Å². The van der Waals surface area contributed by atoms with Crippen LogP contribution in [0.5, 0.6) is 5.75 Å². The molecule has 5 rings (SSSR count). The first-order valence-electron chi connectivity index (χ1n) is 17.6. The van der Waals surface area contributed by atoms with Crippen LogP contribution in [0.1, 0.15) is 37.7 Å². The molecule has 3 aromatic rings. The Morgan fingerprint density at radius 1 is 1.19 bits per heavy atom. The fourth-order valence-electron chi connectivity index (χ4n) is 7.03. The zero-order valence-corrected chi connectivity index (χ0v) is 35.8. The molecule has 18 heteroatoms. The number of aromatic hydroxyl groups is 1. The van der Waals surface area contributed by atoms with Crippen molar-refractivity contribution in [3.8, 4) is 29.4 Å². The second kappa shape index (κ2) is 19.0. The second-order valence-corrected chi connectivity index (χ2v) is 18.7. The maximum Gasteiger partial charge on any atom is 0.411 e. The lowest BCUT2D eigenvalue weighted by molar-refractivity contribution is -0.323. The fraction of sp³-hybridized carbons (Fsp3) is 0.400. The number of hydrogen-bond acceptors (Lipinski definition) is 16. The highest BCUT2D eigenvalue weighted by Gasteiger charge is 2.61. The molecule has 2 aromatic heterocycles. The molecule has 1 aromatic carbocycles. The third-order valence-electron chi connectivity index (χ3n) is 9.67. The molecular weight excluding hydrogens is 827 g/mol. The topological polar surface area (TPSA) is 210 Å². The predicted molar refractivity (Wildman–Crippen MR) is 228 cm³/mol. The number of methoxy groups -OCH3 is 2. The van der Waals surface area contributed by atoms with E-state index in [1.807, 2.05) is 6.26 Å². The number of carbonyl (C=O) groups is 3. The molecular formula is C40H43N3O11S4. The van der Waals surface area contributed by atoms with Crippen LogP contribution in [-0.2, 0) is 23.7 Å². The average Bonchev–Trinajstić information content (AvgIpc) is 3.55. The highest BCUT2D eigenvalue weighted by atomic mass is 33.5. The molecule has 0 spiro atoms. The Kier molecular flexibility index (Phi) is 14.8. The number of nitrogens with one attached hydrogen (secondary N) is 2. The number of ether oxygens (including phenoxy) is 4. The summed E-state index contributed by atoms with van der Waals surface area (Å²) in [5.41, 5.74) is -1.73. The van der Waals surface area contributed by atoms with Gasteiger partial charge in [0.25, 0.3) is 5.79 Å². The number of amides is 1. The number of aromatic amines is 1. The Labute approximate surface area is 351 Å². The van der Waals surface area contributed by atoms with E-state index in [0.717, 1.165) is 18.9 Å². The highest BCUT2D eigenvalue weighted by molar-refractivity contribution is 9.09. The second-order valence-electron chi connectivity index (χ2n) is 13.2. The first kappa shape index (κ1) is 45.2. The number of allylic oxidation sites excluding steroid dienone is 3. The van der Waals surface area contributed by atoms with E-state index < -0.39 is 76.1 Å². The zero-order chi connectivity index (χ0) is 42.4. The summed E-state index contributed by atoms with van der Waals surface area (Å²) < 4.78 is 21.5. The van der Waals surface area contributed by atoms with Gasteiger partial charge >= 0.3 is 6.09 Å². The van der Waals surface area contributed by atoms with E-state index in [-0.39, 0.29) is 22.8 Å². The number of H-pyrrole nitrogens is 1. The van der Waals surface area contributed by atoms with Gasteiger partial charge in [-0.1, -0.05) is 39.5 Å². The van der Waals surface area contributed by atoms with E-state index in [9.17, 15) is 34.8 Å². The van der Waals surface area contributed by atoms with Crippen molar-refractivity contribution < 1.29 is 53.8 Å². The summed E-state index contributed by atoms with van der Waals surface area (Å²) in [6, 6.07) is 6.46. The Bertz CT molecular complexity index is 2300. The molecule has 1 aliphatic heterocycles. The summed E-state index contributed by atoms with van der Waals surface area (Å²) in [5.74, 6) is 6.74. The van der Waals surface area contributed by atoms with Crippen molar-refractivity contribution in [3.63, 3.8) is 0 Å². The van der Waals surface area contributed by atoms with Crippen LogP contribution in [0, 0.1) is 23.7 Å². The molecule has 1 amide bonds. The number of hydrogen-bond donors (Lipinski definition) is 6. The molecule has 1 aliphatic carbocycles. The minimum Gasteiger partial charge on any atom is -0.508 e. The number of fused-ring (bicyclic) bond motifs is 3.